The van der Waals surface area contributed by atoms with Gasteiger partial charge in [0.15, 0.2) is 6.61 Å². The van der Waals surface area contributed by atoms with Crippen molar-refractivity contribution in [3.63, 3.8) is 0 Å². The molecule has 1 amide bonds. The molecule has 0 aliphatic rings. The third kappa shape index (κ3) is 3.57. The first-order valence-electron chi connectivity index (χ1n) is 7.03. The van der Waals surface area contributed by atoms with Crippen LogP contribution in [0.3, 0.4) is 0 Å². The fourth-order valence-corrected chi connectivity index (χ4v) is 2.42. The molecule has 1 N–H and O–H groups in total. The Morgan fingerprint density at radius 2 is 2.09 bits per heavy atom. The van der Waals surface area contributed by atoms with E-state index in [1.54, 1.807) is 24.4 Å². The Balaban J connectivity index is 1.69. The SMILES string of the molecule is Cc1cc(Cl)ccc1NC(=O)COc1nncc2ccccc12. The number of aromatic nitrogens is 2. The van der Waals surface area contributed by atoms with Crippen LogP contribution in [0.5, 0.6) is 5.88 Å². The summed E-state index contributed by atoms with van der Waals surface area (Å²) in [6, 6.07) is 12.8. The number of amides is 1. The molecule has 0 aliphatic carbocycles. The number of aryl methyl sites for hydroxylation is 1. The predicted octanol–water partition coefficient (Wildman–Crippen LogP) is 3.61. The van der Waals surface area contributed by atoms with Crippen molar-refractivity contribution in [1.82, 2.24) is 10.2 Å². The molecule has 3 aromatic rings. The molecule has 6 heteroatoms. The Labute approximate surface area is 138 Å². The van der Waals surface area contributed by atoms with E-state index in [0.29, 0.717) is 16.6 Å². The minimum absolute atomic E-state index is 0.148. The van der Waals surface area contributed by atoms with Crippen molar-refractivity contribution in [2.45, 2.75) is 6.92 Å². The number of nitrogens with one attached hydrogen (secondary N) is 1. The van der Waals surface area contributed by atoms with Crippen molar-refractivity contribution >= 4 is 34.0 Å². The molecule has 3 rings (SSSR count). The smallest absolute Gasteiger partial charge is 0.262 e. The van der Waals surface area contributed by atoms with Gasteiger partial charge in [0.25, 0.3) is 5.91 Å². The van der Waals surface area contributed by atoms with Crippen LogP contribution in [0.25, 0.3) is 10.8 Å². The molecule has 0 aliphatic heterocycles. The van der Waals surface area contributed by atoms with Gasteiger partial charge in [-0.1, -0.05) is 29.8 Å². The zero-order valence-corrected chi connectivity index (χ0v) is 13.2. The number of rotatable bonds is 4. The number of fused-ring (bicyclic) bond motifs is 1. The van der Waals surface area contributed by atoms with Gasteiger partial charge in [0.2, 0.25) is 5.88 Å². The second-order valence-electron chi connectivity index (χ2n) is 5.03. The van der Waals surface area contributed by atoms with E-state index < -0.39 is 0 Å². The summed E-state index contributed by atoms with van der Waals surface area (Å²) in [5, 5.41) is 13.0. The molecule has 0 fully saturated rings. The van der Waals surface area contributed by atoms with Crippen molar-refractivity contribution in [2.75, 3.05) is 11.9 Å². The third-order valence-corrected chi connectivity index (χ3v) is 3.57. The van der Waals surface area contributed by atoms with E-state index >= 15 is 0 Å². The molecule has 0 bridgehead atoms. The number of anilines is 1. The maximum atomic E-state index is 12.0. The molecule has 116 valence electrons. The number of ether oxygens (including phenoxy) is 1. The average molecular weight is 328 g/mol. The second kappa shape index (κ2) is 6.62. The topological polar surface area (TPSA) is 64.1 Å². The van der Waals surface area contributed by atoms with Crippen LogP contribution in [0.2, 0.25) is 5.02 Å². The molecule has 0 saturated carbocycles. The average Bonchev–Trinajstić information content (AvgIpc) is 2.55. The largest absolute Gasteiger partial charge is 0.466 e. The van der Waals surface area contributed by atoms with Crippen LogP contribution in [0.4, 0.5) is 5.69 Å². The monoisotopic (exact) mass is 327 g/mol. The van der Waals surface area contributed by atoms with E-state index in [-0.39, 0.29) is 12.5 Å². The number of benzene rings is 2. The van der Waals surface area contributed by atoms with Gasteiger partial charge in [0.05, 0.1) is 6.20 Å². The first-order chi connectivity index (χ1) is 11.1. The normalized spacial score (nSPS) is 10.5. The standard InChI is InChI=1S/C17H14ClN3O2/c1-11-8-13(18)6-7-15(11)20-16(22)10-23-17-14-5-3-2-4-12(14)9-19-21-17/h2-9H,10H2,1H3,(H,20,22). The molecule has 1 aromatic heterocycles. The molecule has 0 saturated heterocycles. The van der Waals surface area contributed by atoms with Crippen molar-refractivity contribution in [3.8, 4) is 5.88 Å². The Morgan fingerprint density at radius 3 is 2.91 bits per heavy atom. The summed E-state index contributed by atoms with van der Waals surface area (Å²) in [4.78, 5) is 12.0. The lowest BCUT2D eigenvalue weighted by Crippen LogP contribution is -2.21. The summed E-state index contributed by atoms with van der Waals surface area (Å²) < 4.78 is 5.51. The molecular weight excluding hydrogens is 314 g/mol. The summed E-state index contributed by atoms with van der Waals surface area (Å²) in [6.07, 6.45) is 1.65. The minimum atomic E-state index is -0.273. The van der Waals surface area contributed by atoms with Crippen molar-refractivity contribution < 1.29 is 9.53 Å². The Hall–Kier alpha value is -2.66. The van der Waals surface area contributed by atoms with Gasteiger partial charge in [0.1, 0.15) is 0 Å². The molecule has 0 spiro atoms. The molecule has 23 heavy (non-hydrogen) atoms. The molecule has 0 atom stereocenters. The van der Waals surface area contributed by atoms with Gasteiger partial charge in [-0.3, -0.25) is 4.79 Å². The highest BCUT2D eigenvalue weighted by Gasteiger charge is 2.09. The van der Waals surface area contributed by atoms with E-state index in [1.807, 2.05) is 31.2 Å². The van der Waals surface area contributed by atoms with E-state index in [1.165, 1.54) is 0 Å². The van der Waals surface area contributed by atoms with E-state index in [4.69, 9.17) is 16.3 Å². The second-order valence-corrected chi connectivity index (χ2v) is 5.47. The van der Waals surface area contributed by atoms with Crippen molar-refractivity contribution in [2.24, 2.45) is 0 Å². The van der Waals surface area contributed by atoms with Crippen molar-refractivity contribution in [1.29, 1.82) is 0 Å². The van der Waals surface area contributed by atoms with Gasteiger partial charge in [-0.15, -0.1) is 5.10 Å². The van der Waals surface area contributed by atoms with Crippen LogP contribution in [-0.4, -0.2) is 22.7 Å². The lowest BCUT2D eigenvalue weighted by Gasteiger charge is -2.10. The van der Waals surface area contributed by atoms with E-state index in [0.717, 1.165) is 16.3 Å². The fourth-order valence-electron chi connectivity index (χ4n) is 2.20. The number of halogens is 1. The molecule has 1 heterocycles. The number of hydrogen-bond donors (Lipinski definition) is 1. The van der Waals surface area contributed by atoms with Crippen LogP contribution < -0.4 is 10.1 Å². The van der Waals surface area contributed by atoms with Crippen LogP contribution in [-0.2, 0) is 4.79 Å². The van der Waals surface area contributed by atoms with Crippen molar-refractivity contribution in [3.05, 3.63) is 59.2 Å². The number of nitrogens with zero attached hydrogens (tertiary/aromatic N) is 2. The summed E-state index contributed by atoms with van der Waals surface area (Å²) >= 11 is 5.90. The lowest BCUT2D eigenvalue weighted by molar-refractivity contribution is -0.118. The fraction of sp³-hybridized carbons (Fsp3) is 0.118. The first-order valence-corrected chi connectivity index (χ1v) is 7.40. The van der Waals surface area contributed by atoms with Gasteiger partial charge in [-0.25, -0.2) is 0 Å². The molecule has 0 radical (unpaired) electrons. The third-order valence-electron chi connectivity index (χ3n) is 3.34. The summed E-state index contributed by atoms with van der Waals surface area (Å²) in [5.74, 6) is 0.0660. The number of hydrogen-bond acceptors (Lipinski definition) is 4. The predicted molar refractivity (Wildman–Crippen MR) is 89.9 cm³/mol. The quantitative estimate of drug-likeness (QED) is 0.795. The van der Waals surface area contributed by atoms with Gasteiger partial charge in [0, 0.05) is 21.5 Å². The zero-order chi connectivity index (χ0) is 16.2. The first kappa shape index (κ1) is 15.2. The van der Waals surface area contributed by atoms with Gasteiger partial charge >= 0.3 is 0 Å². The maximum Gasteiger partial charge on any atom is 0.262 e. The highest BCUT2D eigenvalue weighted by Crippen LogP contribution is 2.22. The molecular formula is C17H14ClN3O2. The summed E-state index contributed by atoms with van der Waals surface area (Å²) in [5.41, 5.74) is 1.59. The Kier molecular flexibility index (Phi) is 4.39. The Bertz CT molecular complexity index is 862. The van der Waals surface area contributed by atoms with Gasteiger partial charge in [-0.2, -0.15) is 5.10 Å². The Morgan fingerprint density at radius 1 is 1.26 bits per heavy atom. The minimum Gasteiger partial charge on any atom is -0.466 e. The van der Waals surface area contributed by atoms with Gasteiger partial charge < -0.3 is 10.1 Å². The summed E-state index contributed by atoms with van der Waals surface area (Å²) in [6.45, 7) is 1.73. The van der Waals surface area contributed by atoms with Crippen LogP contribution in [0.15, 0.2) is 48.7 Å². The lowest BCUT2D eigenvalue weighted by atomic mass is 10.2. The van der Waals surface area contributed by atoms with E-state index in [2.05, 4.69) is 15.5 Å². The van der Waals surface area contributed by atoms with E-state index in [9.17, 15) is 4.79 Å². The van der Waals surface area contributed by atoms with Crippen LogP contribution >= 0.6 is 11.6 Å². The molecule has 2 aromatic carbocycles. The van der Waals surface area contributed by atoms with Crippen LogP contribution in [0.1, 0.15) is 5.56 Å². The molecule has 5 nitrogen and oxygen atoms in total. The maximum absolute atomic E-state index is 12.0. The highest BCUT2D eigenvalue weighted by molar-refractivity contribution is 6.30. The van der Waals surface area contributed by atoms with Gasteiger partial charge in [-0.05, 0) is 36.8 Å². The summed E-state index contributed by atoms with van der Waals surface area (Å²) in [7, 11) is 0. The molecule has 0 unspecified atom stereocenters. The van der Waals surface area contributed by atoms with Crippen LogP contribution in [0, 0.1) is 6.92 Å². The zero-order valence-electron chi connectivity index (χ0n) is 12.4. The highest BCUT2D eigenvalue weighted by atomic mass is 35.5. The number of carbonyl (C=O) groups is 1. The number of carbonyl (C=O) groups excluding carboxylic acids is 1.